The molecule has 5 heteroatoms. The molecule has 0 aliphatic rings. The second kappa shape index (κ2) is 7.16. The highest BCUT2D eigenvalue weighted by molar-refractivity contribution is 5.29. The summed E-state index contributed by atoms with van der Waals surface area (Å²) in [7, 11) is 0. The summed E-state index contributed by atoms with van der Waals surface area (Å²) in [5.41, 5.74) is 0.464. The number of hydrogen-bond acceptors (Lipinski definition) is 4. The number of hydrogen-bond donors (Lipinski definition) is 2. The summed E-state index contributed by atoms with van der Waals surface area (Å²) in [6, 6.07) is 4.05. The van der Waals surface area contributed by atoms with Gasteiger partial charge in [0.25, 0.3) is 0 Å². The minimum atomic E-state index is -0.446. The summed E-state index contributed by atoms with van der Waals surface area (Å²) in [5, 5.41) is 17.3. The molecule has 0 saturated carbocycles. The Morgan fingerprint density at radius 1 is 1.06 bits per heavy atom. The molecule has 0 aliphatic carbocycles. The van der Waals surface area contributed by atoms with Gasteiger partial charge in [0, 0.05) is 6.07 Å². The van der Waals surface area contributed by atoms with Crippen molar-refractivity contribution in [2.45, 2.75) is 6.61 Å². The number of ether oxygens (including phenoxy) is 2. The van der Waals surface area contributed by atoms with Crippen LogP contribution in [-0.4, -0.2) is 36.6 Å². The van der Waals surface area contributed by atoms with Crippen molar-refractivity contribution in [3.8, 4) is 5.75 Å². The smallest absolute Gasteiger partial charge is 0.127 e. The first-order valence-electron chi connectivity index (χ1n) is 4.98. The summed E-state index contributed by atoms with van der Waals surface area (Å²) < 4.78 is 23.2. The number of aliphatic hydroxyl groups is 2. The van der Waals surface area contributed by atoms with E-state index in [1.165, 1.54) is 12.1 Å². The summed E-state index contributed by atoms with van der Waals surface area (Å²) in [5.74, 6) is -0.0884. The van der Waals surface area contributed by atoms with Gasteiger partial charge < -0.3 is 19.7 Å². The molecule has 0 unspecified atom stereocenters. The Morgan fingerprint density at radius 2 is 1.88 bits per heavy atom. The lowest BCUT2D eigenvalue weighted by atomic mass is 10.2. The van der Waals surface area contributed by atoms with Gasteiger partial charge in [-0.05, 0) is 17.7 Å². The van der Waals surface area contributed by atoms with Gasteiger partial charge >= 0.3 is 0 Å². The highest BCUT2D eigenvalue weighted by Crippen LogP contribution is 2.16. The van der Waals surface area contributed by atoms with E-state index in [4.69, 9.17) is 19.7 Å². The van der Waals surface area contributed by atoms with E-state index in [9.17, 15) is 4.39 Å². The highest BCUT2D eigenvalue weighted by Gasteiger charge is 2.01. The number of aliphatic hydroxyl groups excluding tert-OH is 2. The van der Waals surface area contributed by atoms with Crippen LogP contribution in [-0.2, 0) is 11.3 Å². The lowest BCUT2D eigenvalue weighted by molar-refractivity contribution is 0.0704. The third-order valence-corrected chi connectivity index (χ3v) is 1.85. The predicted octanol–water partition coefficient (Wildman–Crippen LogP) is 0.706. The van der Waals surface area contributed by atoms with Gasteiger partial charge in [-0.15, -0.1) is 0 Å². The Hall–Kier alpha value is -1.17. The van der Waals surface area contributed by atoms with Crippen molar-refractivity contribution in [1.82, 2.24) is 0 Å². The van der Waals surface area contributed by atoms with E-state index in [0.29, 0.717) is 17.9 Å². The molecule has 1 rings (SSSR count). The minimum absolute atomic E-state index is 0.0331. The molecule has 0 radical (unpaired) electrons. The second-order valence-electron chi connectivity index (χ2n) is 3.14. The molecule has 0 bridgehead atoms. The predicted molar refractivity (Wildman–Crippen MR) is 55.7 cm³/mol. The molecule has 0 fully saturated rings. The molecule has 0 heterocycles. The highest BCUT2D eigenvalue weighted by atomic mass is 19.1. The summed E-state index contributed by atoms with van der Waals surface area (Å²) in [4.78, 5) is 0. The summed E-state index contributed by atoms with van der Waals surface area (Å²) >= 11 is 0. The fraction of sp³-hybridized carbons (Fsp3) is 0.455. The average Bonchev–Trinajstić information content (AvgIpc) is 2.28. The Morgan fingerprint density at radius 3 is 2.56 bits per heavy atom. The van der Waals surface area contributed by atoms with Crippen molar-refractivity contribution in [3.63, 3.8) is 0 Å². The number of halogens is 1. The van der Waals surface area contributed by atoms with Crippen molar-refractivity contribution < 1.29 is 24.1 Å². The van der Waals surface area contributed by atoms with Crippen molar-refractivity contribution in [2.75, 3.05) is 26.4 Å². The second-order valence-corrected chi connectivity index (χ2v) is 3.14. The van der Waals surface area contributed by atoms with Crippen LogP contribution in [0.5, 0.6) is 5.75 Å². The number of benzene rings is 1. The molecule has 4 nitrogen and oxygen atoms in total. The summed E-state index contributed by atoms with van der Waals surface area (Å²) in [6.45, 7) is 0.595. The lowest BCUT2D eigenvalue weighted by Gasteiger charge is -2.07. The maximum absolute atomic E-state index is 13.0. The maximum Gasteiger partial charge on any atom is 0.127 e. The molecule has 0 spiro atoms. The molecule has 1 aromatic rings. The molecule has 90 valence electrons. The van der Waals surface area contributed by atoms with E-state index >= 15 is 0 Å². The normalized spacial score (nSPS) is 10.4. The molecular weight excluding hydrogens is 215 g/mol. The van der Waals surface area contributed by atoms with Gasteiger partial charge in [-0.2, -0.15) is 0 Å². The Labute approximate surface area is 93.2 Å². The molecule has 2 N–H and O–H groups in total. The minimum Gasteiger partial charge on any atom is -0.491 e. The van der Waals surface area contributed by atoms with Crippen molar-refractivity contribution in [1.29, 1.82) is 0 Å². The Kier molecular flexibility index (Phi) is 5.77. The first kappa shape index (κ1) is 12.9. The maximum atomic E-state index is 13.0. The topological polar surface area (TPSA) is 58.9 Å². The van der Waals surface area contributed by atoms with E-state index < -0.39 is 5.82 Å². The standard InChI is InChI=1S/C11H15FO4/c12-10-5-9(8-14)6-11(7-10)16-4-3-15-2-1-13/h5-7,13-14H,1-4,8H2. The van der Waals surface area contributed by atoms with Crippen LogP contribution in [0.15, 0.2) is 18.2 Å². The molecule has 0 atom stereocenters. The van der Waals surface area contributed by atoms with Crippen LogP contribution in [0.25, 0.3) is 0 Å². The van der Waals surface area contributed by atoms with E-state index in [1.54, 1.807) is 6.07 Å². The Bertz CT molecular complexity index is 317. The van der Waals surface area contributed by atoms with Crippen LogP contribution in [0, 0.1) is 5.82 Å². The van der Waals surface area contributed by atoms with E-state index in [1.807, 2.05) is 0 Å². The molecule has 0 saturated heterocycles. The summed E-state index contributed by atoms with van der Waals surface area (Å²) in [6.07, 6.45) is 0. The van der Waals surface area contributed by atoms with Crippen LogP contribution in [0.4, 0.5) is 4.39 Å². The van der Waals surface area contributed by atoms with Crippen molar-refractivity contribution in [2.24, 2.45) is 0 Å². The van der Waals surface area contributed by atoms with E-state index in [-0.39, 0.29) is 26.4 Å². The first-order chi connectivity index (χ1) is 7.76. The molecule has 0 amide bonds. The monoisotopic (exact) mass is 230 g/mol. The van der Waals surface area contributed by atoms with E-state index in [0.717, 1.165) is 0 Å². The van der Waals surface area contributed by atoms with E-state index in [2.05, 4.69) is 0 Å². The van der Waals surface area contributed by atoms with Gasteiger partial charge in [-0.25, -0.2) is 4.39 Å². The third kappa shape index (κ3) is 4.57. The van der Waals surface area contributed by atoms with Gasteiger partial charge in [0.05, 0.1) is 26.4 Å². The van der Waals surface area contributed by atoms with Crippen LogP contribution >= 0.6 is 0 Å². The fourth-order valence-corrected chi connectivity index (χ4v) is 1.18. The van der Waals surface area contributed by atoms with Gasteiger partial charge in [-0.1, -0.05) is 0 Å². The van der Waals surface area contributed by atoms with Crippen molar-refractivity contribution >= 4 is 0 Å². The largest absolute Gasteiger partial charge is 0.491 e. The third-order valence-electron chi connectivity index (χ3n) is 1.85. The van der Waals surface area contributed by atoms with Gasteiger partial charge in [0.1, 0.15) is 18.2 Å². The number of rotatable bonds is 7. The molecule has 0 aromatic heterocycles. The molecule has 16 heavy (non-hydrogen) atoms. The fourth-order valence-electron chi connectivity index (χ4n) is 1.18. The quantitative estimate of drug-likeness (QED) is 0.677. The average molecular weight is 230 g/mol. The molecule has 0 aliphatic heterocycles. The molecule has 1 aromatic carbocycles. The van der Waals surface area contributed by atoms with Crippen LogP contribution in [0.3, 0.4) is 0 Å². The zero-order valence-corrected chi connectivity index (χ0v) is 8.86. The first-order valence-corrected chi connectivity index (χ1v) is 4.98. The Balaban J connectivity index is 2.38. The zero-order valence-electron chi connectivity index (χ0n) is 8.86. The van der Waals surface area contributed by atoms with Crippen LogP contribution < -0.4 is 4.74 Å². The van der Waals surface area contributed by atoms with Gasteiger partial charge in [-0.3, -0.25) is 0 Å². The lowest BCUT2D eigenvalue weighted by Crippen LogP contribution is -2.09. The zero-order chi connectivity index (χ0) is 11.8. The van der Waals surface area contributed by atoms with Crippen molar-refractivity contribution in [3.05, 3.63) is 29.6 Å². The SMILES string of the molecule is OCCOCCOc1cc(F)cc(CO)c1. The van der Waals surface area contributed by atoms with Crippen LogP contribution in [0.2, 0.25) is 0 Å². The van der Waals surface area contributed by atoms with Gasteiger partial charge in [0.2, 0.25) is 0 Å². The molecular formula is C11H15FO4. The van der Waals surface area contributed by atoms with Gasteiger partial charge in [0.15, 0.2) is 0 Å². The van der Waals surface area contributed by atoms with Crippen LogP contribution in [0.1, 0.15) is 5.56 Å².